The normalized spacial score (nSPS) is 10.5. The largest absolute Gasteiger partial charge is 0.345 e. The van der Waals surface area contributed by atoms with Crippen molar-refractivity contribution in [2.24, 2.45) is 0 Å². The van der Waals surface area contributed by atoms with Gasteiger partial charge in [-0.1, -0.05) is 12.1 Å². The van der Waals surface area contributed by atoms with Crippen LogP contribution in [0.5, 0.6) is 0 Å². The second-order valence-electron chi connectivity index (χ2n) is 4.78. The van der Waals surface area contributed by atoms with E-state index in [2.05, 4.69) is 20.5 Å². The van der Waals surface area contributed by atoms with Gasteiger partial charge in [-0.05, 0) is 36.4 Å². The highest BCUT2D eigenvalue weighted by molar-refractivity contribution is 5.94. The molecule has 1 heterocycles. The molecule has 0 spiro atoms. The van der Waals surface area contributed by atoms with Crippen molar-refractivity contribution in [1.29, 1.82) is 0 Å². The van der Waals surface area contributed by atoms with Crippen LogP contribution in [0, 0.1) is 11.6 Å². The molecule has 3 rings (SSSR count). The van der Waals surface area contributed by atoms with E-state index in [-0.39, 0.29) is 17.9 Å². The number of aromatic amines is 1. The van der Waals surface area contributed by atoms with E-state index in [0.29, 0.717) is 17.2 Å². The lowest BCUT2D eigenvalue weighted by molar-refractivity contribution is 0.0946. The molecule has 0 radical (unpaired) electrons. The van der Waals surface area contributed by atoms with Gasteiger partial charge in [-0.25, -0.2) is 13.8 Å². The molecule has 0 aliphatic carbocycles. The summed E-state index contributed by atoms with van der Waals surface area (Å²) >= 11 is 0. The minimum Gasteiger partial charge on any atom is -0.345 e. The van der Waals surface area contributed by atoms with Crippen molar-refractivity contribution < 1.29 is 13.6 Å². The van der Waals surface area contributed by atoms with Crippen LogP contribution < -0.4 is 5.32 Å². The van der Waals surface area contributed by atoms with Gasteiger partial charge in [-0.3, -0.25) is 9.89 Å². The molecule has 0 aliphatic heterocycles. The lowest BCUT2D eigenvalue weighted by Gasteiger charge is -2.03. The quantitative estimate of drug-likeness (QED) is 0.778. The van der Waals surface area contributed by atoms with Crippen LogP contribution in [0.25, 0.3) is 11.4 Å². The number of carbonyl (C=O) groups excluding carboxylic acids is 1. The zero-order chi connectivity index (χ0) is 16.2. The molecule has 116 valence electrons. The van der Waals surface area contributed by atoms with Gasteiger partial charge in [-0.2, -0.15) is 5.10 Å². The van der Waals surface area contributed by atoms with E-state index < -0.39 is 11.7 Å². The molecule has 0 saturated carbocycles. The number of hydrogen-bond acceptors (Lipinski definition) is 3. The molecule has 5 nitrogen and oxygen atoms in total. The van der Waals surface area contributed by atoms with E-state index >= 15 is 0 Å². The standard InChI is InChI=1S/C16H12F2N4O/c17-11-7-5-10(6-8-11)15-20-14(21-22-15)9-19-16(23)12-3-1-2-4-13(12)18/h1-8H,9H2,(H,19,23)(H,20,21,22). The van der Waals surface area contributed by atoms with Crippen molar-refractivity contribution in [2.45, 2.75) is 6.54 Å². The van der Waals surface area contributed by atoms with Gasteiger partial charge >= 0.3 is 0 Å². The number of nitrogens with zero attached hydrogens (tertiary/aromatic N) is 2. The maximum absolute atomic E-state index is 13.5. The van der Waals surface area contributed by atoms with E-state index in [1.165, 1.54) is 30.3 Å². The smallest absolute Gasteiger partial charge is 0.254 e. The summed E-state index contributed by atoms with van der Waals surface area (Å²) in [5, 5.41) is 9.23. The first-order valence-electron chi connectivity index (χ1n) is 6.83. The molecule has 1 aromatic heterocycles. The highest BCUT2D eigenvalue weighted by Crippen LogP contribution is 2.15. The number of carbonyl (C=O) groups is 1. The summed E-state index contributed by atoms with van der Waals surface area (Å²) in [5.74, 6) is -0.673. The first-order chi connectivity index (χ1) is 11.1. The first-order valence-corrected chi connectivity index (χ1v) is 6.83. The number of amides is 1. The van der Waals surface area contributed by atoms with Crippen molar-refractivity contribution in [3.63, 3.8) is 0 Å². The summed E-state index contributed by atoms with van der Waals surface area (Å²) in [6, 6.07) is 11.4. The summed E-state index contributed by atoms with van der Waals surface area (Å²) in [4.78, 5) is 16.1. The van der Waals surface area contributed by atoms with Crippen molar-refractivity contribution in [2.75, 3.05) is 0 Å². The number of hydrogen-bond donors (Lipinski definition) is 2. The third-order valence-corrected chi connectivity index (χ3v) is 3.17. The molecule has 0 aliphatic rings. The number of aromatic nitrogens is 3. The minimum absolute atomic E-state index is 0.0363. The van der Waals surface area contributed by atoms with Crippen molar-refractivity contribution in [3.05, 3.63) is 71.6 Å². The summed E-state index contributed by atoms with van der Waals surface area (Å²) in [7, 11) is 0. The zero-order valence-electron chi connectivity index (χ0n) is 11.9. The zero-order valence-corrected chi connectivity index (χ0v) is 11.9. The maximum atomic E-state index is 13.5. The topological polar surface area (TPSA) is 70.7 Å². The number of halogens is 2. The van der Waals surface area contributed by atoms with E-state index in [4.69, 9.17) is 0 Å². The Morgan fingerprint density at radius 1 is 1.09 bits per heavy atom. The van der Waals surface area contributed by atoms with Gasteiger partial charge in [0.15, 0.2) is 5.82 Å². The monoisotopic (exact) mass is 314 g/mol. The third-order valence-electron chi connectivity index (χ3n) is 3.17. The van der Waals surface area contributed by atoms with Crippen LogP contribution in [0.4, 0.5) is 8.78 Å². The molecule has 0 fully saturated rings. The fourth-order valence-corrected chi connectivity index (χ4v) is 2.01. The third kappa shape index (κ3) is 3.39. The Hall–Kier alpha value is -3.09. The fraction of sp³-hybridized carbons (Fsp3) is 0.0625. The van der Waals surface area contributed by atoms with E-state index in [9.17, 15) is 13.6 Å². The number of rotatable bonds is 4. The van der Waals surface area contributed by atoms with Gasteiger partial charge in [0.25, 0.3) is 5.91 Å². The van der Waals surface area contributed by atoms with Gasteiger partial charge in [0.1, 0.15) is 17.5 Å². The van der Waals surface area contributed by atoms with Crippen molar-refractivity contribution in [1.82, 2.24) is 20.5 Å². The van der Waals surface area contributed by atoms with Gasteiger partial charge in [-0.15, -0.1) is 0 Å². The Labute approximate surface area is 130 Å². The second-order valence-corrected chi connectivity index (χ2v) is 4.78. The van der Waals surface area contributed by atoms with Crippen LogP contribution in [-0.2, 0) is 6.54 Å². The Morgan fingerprint density at radius 3 is 2.57 bits per heavy atom. The average Bonchev–Trinajstić information content (AvgIpc) is 3.03. The van der Waals surface area contributed by atoms with Crippen LogP contribution in [0.3, 0.4) is 0 Å². The highest BCUT2D eigenvalue weighted by atomic mass is 19.1. The van der Waals surface area contributed by atoms with Crippen LogP contribution in [0.1, 0.15) is 16.2 Å². The molecule has 1 amide bonds. The predicted molar refractivity (Wildman–Crippen MR) is 79.3 cm³/mol. The molecular formula is C16H12F2N4O. The Balaban J connectivity index is 1.67. The molecule has 3 aromatic rings. The van der Waals surface area contributed by atoms with Gasteiger partial charge in [0, 0.05) is 5.56 Å². The summed E-state index contributed by atoms with van der Waals surface area (Å²) in [6.45, 7) is 0.0708. The Bertz CT molecular complexity index is 830. The number of H-pyrrole nitrogens is 1. The van der Waals surface area contributed by atoms with Gasteiger partial charge in [0.2, 0.25) is 0 Å². The van der Waals surface area contributed by atoms with Crippen LogP contribution >= 0.6 is 0 Å². The van der Waals surface area contributed by atoms with Crippen LogP contribution in [0.15, 0.2) is 48.5 Å². The maximum Gasteiger partial charge on any atom is 0.254 e. The Kier molecular flexibility index (Phi) is 4.09. The molecule has 0 bridgehead atoms. The molecule has 2 aromatic carbocycles. The van der Waals surface area contributed by atoms with E-state index in [0.717, 1.165) is 0 Å². The molecule has 23 heavy (non-hydrogen) atoms. The van der Waals surface area contributed by atoms with Crippen molar-refractivity contribution in [3.8, 4) is 11.4 Å². The van der Waals surface area contributed by atoms with Crippen LogP contribution in [0.2, 0.25) is 0 Å². The molecule has 0 unspecified atom stereocenters. The molecular weight excluding hydrogens is 302 g/mol. The molecule has 0 atom stereocenters. The van der Waals surface area contributed by atoms with Crippen molar-refractivity contribution >= 4 is 5.91 Å². The van der Waals surface area contributed by atoms with Gasteiger partial charge in [0.05, 0.1) is 12.1 Å². The number of nitrogens with one attached hydrogen (secondary N) is 2. The highest BCUT2D eigenvalue weighted by Gasteiger charge is 2.12. The number of benzene rings is 2. The summed E-state index contributed by atoms with van der Waals surface area (Å²) in [6.07, 6.45) is 0. The summed E-state index contributed by atoms with van der Waals surface area (Å²) in [5.41, 5.74) is 0.611. The van der Waals surface area contributed by atoms with Gasteiger partial charge < -0.3 is 5.32 Å². The average molecular weight is 314 g/mol. The van der Waals surface area contributed by atoms with E-state index in [1.54, 1.807) is 18.2 Å². The lowest BCUT2D eigenvalue weighted by Crippen LogP contribution is -2.24. The summed E-state index contributed by atoms with van der Waals surface area (Å²) < 4.78 is 26.4. The Morgan fingerprint density at radius 2 is 1.83 bits per heavy atom. The molecule has 0 saturated heterocycles. The molecule has 7 heteroatoms. The lowest BCUT2D eigenvalue weighted by atomic mass is 10.2. The fourth-order valence-electron chi connectivity index (χ4n) is 2.01. The van der Waals surface area contributed by atoms with E-state index in [1.807, 2.05) is 0 Å². The first kappa shape index (κ1) is 14.8. The molecule has 2 N–H and O–H groups in total. The minimum atomic E-state index is -0.588. The van der Waals surface area contributed by atoms with Crippen LogP contribution in [-0.4, -0.2) is 21.1 Å². The second kappa shape index (κ2) is 6.35. The predicted octanol–water partition coefficient (Wildman–Crippen LogP) is 2.68. The SMILES string of the molecule is O=C(NCc1nc(-c2ccc(F)cc2)n[nH]1)c1ccccc1F.